The molecule has 0 amide bonds. The SMILES string of the molecule is COc1cc(CO)ccc1Oc1ccc(C)cc1[N+](=O)[O-]. The normalized spacial score (nSPS) is 10.2. The topological polar surface area (TPSA) is 81.8 Å². The van der Waals surface area contributed by atoms with Crippen molar-refractivity contribution in [2.45, 2.75) is 13.5 Å². The Morgan fingerprint density at radius 1 is 1.14 bits per heavy atom. The third kappa shape index (κ3) is 3.29. The molecule has 0 heterocycles. The van der Waals surface area contributed by atoms with Gasteiger partial charge in [-0.05, 0) is 36.2 Å². The molecule has 0 aliphatic heterocycles. The van der Waals surface area contributed by atoms with E-state index in [9.17, 15) is 10.1 Å². The van der Waals surface area contributed by atoms with Gasteiger partial charge in [0.25, 0.3) is 0 Å². The molecule has 1 N–H and O–H groups in total. The van der Waals surface area contributed by atoms with E-state index in [2.05, 4.69) is 0 Å². The standard InChI is InChI=1S/C15H15NO5/c1-10-3-5-13(12(7-10)16(18)19)21-14-6-4-11(9-17)8-15(14)20-2/h3-8,17H,9H2,1-2H3. The van der Waals surface area contributed by atoms with Gasteiger partial charge in [-0.25, -0.2) is 0 Å². The van der Waals surface area contributed by atoms with Crippen molar-refractivity contribution in [2.24, 2.45) is 0 Å². The molecule has 0 bridgehead atoms. The summed E-state index contributed by atoms with van der Waals surface area (Å²) in [5.41, 5.74) is 1.33. The molecule has 0 saturated heterocycles. The van der Waals surface area contributed by atoms with Gasteiger partial charge >= 0.3 is 5.69 Å². The first-order valence-corrected chi connectivity index (χ1v) is 6.26. The molecule has 0 aromatic heterocycles. The summed E-state index contributed by atoms with van der Waals surface area (Å²) < 4.78 is 10.8. The molecule has 110 valence electrons. The van der Waals surface area contributed by atoms with Gasteiger partial charge in [-0.2, -0.15) is 0 Å². The van der Waals surface area contributed by atoms with E-state index in [0.29, 0.717) is 17.1 Å². The number of rotatable bonds is 5. The summed E-state index contributed by atoms with van der Waals surface area (Å²) in [5.74, 6) is 0.888. The van der Waals surface area contributed by atoms with Crippen LogP contribution in [0.5, 0.6) is 17.2 Å². The molecule has 0 unspecified atom stereocenters. The van der Waals surface area contributed by atoms with Crippen molar-refractivity contribution in [3.05, 3.63) is 57.6 Å². The maximum Gasteiger partial charge on any atom is 0.311 e. The van der Waals surface area contributed by atoms with E-state index in [1.807, 2.05) is 0 Å². The number of nitro groups is 1. The average molecular weight is 289 g/mol. The van der Waals surface area contributed by atoms with Crippen LogP contribution in [0.4, 0.5) is 5.69 Å². The smallest absolute Gasteiger partial charge is 0.311 e. The van der Waals surface area contributed by atoms with E-state index in [0.717, 1.165) is 5.56 Å². The van der Waals surface area contributed by atoms with Crippen molar-refractivity contribution in [1.82, 2.24) is 0 Å². The number of hydrogen-bond acceptors (Lipinski definition) is 5. The van der Waals surface area contributed by atoms with Crippen LogP contribution < -0.4 is 9.47 Å². The number of methoxy groups -OCH3 is 1. The Morgan fingerprint density at radius 3 is 2.48 bits per heavy atom. The zero-order valence-electron chi connectivity index (χ0n) is 11.7. The van der Waals surface area contributed by atoms with Gasteiger partial charge in [0, 0.05) is 6.07 Å². The van der Waals surface area contributed by atoms with Crippen molar-refractivity contribution in [2.75, 3.05) is 7.11 Å². The molecule has 0 aliphatic rings. The Morgan fingerprint density at radius 2 is 1.86 bits per heavy atom. The molecule has 6 nitrogen and oxygen atoms in total. The van der Waals surface area contributed by atoms with E-state index < -0.39 is 4.92 Å². The largest absolute Gasteiger partial charge is 0.493 e. The average Bonchev–Trinajstić information content (AvgIpc) is 2.49. The third-order valence-corrected chi connectivity index (χ3v) is 2.94. The van der Waals surface area contributed by atoms with Crippen molar-refractivity contribution in [1.29, 1.82) is 0 Å². The number of ether oxygens (including phenoxy) is 2. The van der Waals surface area contributed by atoms with Crippen molar-refractivity contribution in [3.8, 4) is 17.2 Å². The third-order valence-electron chi connectivity index (χ3n) is 2.94. The van der Waals surface area contributed by atoms with Gasteiger partial charge in [-0.15, -0.1) is 0 Å². The van der Waals surface area contributed by atoms with Crippen LogP contribution in [0, 0.1) is 17.0 Å². The van der Waals surface area contributed by atoms with E-state index in [1.54, 1.807) is 37.3 Å². The first-order chi connectivity index (χ1) is 10.0. The minimum Gasteiger partial charge on any atom is -0.493 e. The van der Waals surface area contributed by atoms with E-state index in [-0.39, 0.29) is 18.0 Å². The van der Waals surface area contributed by atoms with Gasteiger partial charge in [0.05, 0.1) is 18.6 Å². The van der Waals surface area contributed by atoms with Gasteiger partial charge in [-0.3, -0.25) is 10.1 Å². The van der Waals surface area contributed by atoms with E-state index >= 15 is 0 Å². The first kappa shape index (κ1) is 14.8. The monoisotopic (exact) mass is 289 g/mol. The highest BCUT2D eigenvalue weighted by atomic mass is 16.6. The zero-order valence-corrected chi connectivity index (χ0v) is 11.7. The van der Waals surface area contributed by atoms with Crippen LogP contribution in [-0.4, -0.2) is 17.1 Å². The van der Waals surface area contributed by atoms with E-state index in [1.165, 1.54) is 13.2 Å². The highest BCUT2D eigenvalue weighted by Gasteiger charge is 2.17. The summed E-state index contributed by atoms with van der Waals surface area (Å²) in [6.45, 7) is 1.65. The molecule has 0 atom stereocenters. The minimum absolute atomic E-state index is 0.108. The number of aliphatic hydroxyl groups is 1. The van der Waals surface area contributed by atoms with Gasteiger partial charge in [0.1, 0.15) is 0 Å². The fraction of sp³-hybridized carbons (Fsp3) is 0.200. The number of aryl methyl sites for hydroxylation is 1. The molecule has 2 aromatic carbocycles. The number of nitrogens with zero attached hydrogens (tertiary/aromatic N) is 1. The highest BCUT2D eigenvalue weighted by Crippen LogP contribution is 2.37. The maximum absolute atomic E-state index is 11.1. The Labute approximate surface area is 121 Å². The summed E-state index contributed by atoms with van der Waals surface area (Å²) in [6, 6.07) is 9.62. The molecule has 0 radical (unpaired) electrons. The highest BCUT2D eigenvalue weighted by molar-refractivity contribution is 5.53. The lowest BCUT2D eigenvalue weighted by Crippen LogP contribution is -1.96. The van der Waals surface area contributed by atoms with Crippen molar-refractivity contribution in [3.63, 3.8) is 0 Å². The quantitative estimate of drug-likeness (QED) is 0.675. The molecule has 0 spiro atoms. The summed E-state index contributed by atoms with van der Waals surface area (Å²) in [7, 11) is 1.47. The molecule has 21 heavy (non-hydrogen) atoms. The second kappa shape index (κ2) is 6.23. The molecule has 6 heteroatoms. The Bertz CT molecular complexity index is 669. The second-order valence-electron chi connectivity index (χ2n) is 4.47. The fourth-order valence-electron chi connectivity index (χ4n) is 1.87. The van der Waals surface area contributed by atoms with Gasteiger partial charge in [0.2, 0.25) is 5.75 Å². The van der Waals surface area contributed by atoms with Crippen molar-refractivity contribution < 1.29 is 19.5 Å². The molecule has 2 rings (SSSR count). The van der Waals surface area contributed by atoms with Crippen LogP contribution in [0.1, 0.15) is 11.1 Å². The Balaban J connectivity index is 2.40. The number of aliphatic hydroxyl groups excluding tert-OH is 1. The summed E-state index contributed by atoms with van der Waals surface area (Å²) >= 11 is 0. The molecule has 2 aromatic rings. The maximum atomic E-state index is 11.1. The van der Waals surface area contributed by atoms with Gasteiger partial charge in [0.15, 0.2) is 11.5 Å². The predicted octanol–water partition coefficient (Wildman–Crippen LogP) is 3.20. The first-order valence-electron chi connectivity index (χ1n) is 6.26. The van der Waals surface area contributed by atoms with Crippen LogP contribution in [0.25, 0.3) is 0 Å². The number of hydrogen-bond donors (Lipinski definition) is 1. The van der Waals surface area contributed by atoms with Crippen LogP contribution in [0.3, 0.4) is 0 Å². The molecule has 0 aliphatic carbocycles. The number of benzene rings is 2. The van der Waals surface area contributed by atoms with Crippen LogP contribution in [0.2, 0.25) is 0 Å². The lowest BCUT2D eigenvalue weighted by Gasteiger charge is -2.11. The zero-order chi connectivity index (χ0) is 15.4. The summed E-state index contributed by atoms with van der Waals surface area (Å²) in [6.07, 6.45) is 0. The van der Waals surface area contributed by atoms with Crippen LogP contribution in [-0.2, 0) is 6.61 Å². The second-order valence-corrected chi connectivity index (χ2v) is 4.47. The minimum atomic E-state index is -0.489. The predicted molar refractivity (Wildman–Crippen MR) is 76.8 cm³/mol. The van der Waals surface area contributed by atoms with E-state index in [4.69, 9.17) is 14.6 Å². The van der Waals surface area contributed by atoms with Crippen molar-refractivity contribution >= 4 is 5.69 Å². The fourth-order valence-corrected chi connectivity index (χ4v) is 1.87. The lowest BCUT2D eigenvalue weighted by molar-refractivity contribution is -0.385. The van der Waals surface area contributed by atoms with Gasteiger partial charge in [-0.1, -0.05) is 12.1 Å². The Kier molecular flexibility index (Phi) is 4.39. The summed E-state index contributed by atoms with van der Waals surface area (Å²) in [5, 5.41) is 20.2. The molecule has 0 saturated carbocycles. The van der Waals surface area contributed by atoms with Crippen LogP contribution in [0.15, 0.2) is 36.4 Å². The van der Waals surface area contributed by atoms with Crippen LogP contribution >= 0.6 is 0 Å². The molecular formula is C15H15NO5. The molecule has 0 fully saturated rings. The summed E-state index contributed by atoms with van der Waals surface area (Å²) in [4.78, 5) is 10.6. The Hall–Kier alpha value is -2.60. The number of nitro benzene ring substituents is 1. The van der Waals surface area contributed by atoms with Gasteiger partial charge < -0.3 is 14.6 Å². The molecular weight excluding hydrogens is 274 g/mol. The lowest BCUT2D eigenvalue weighted by atomic mass is 10.2.